The minimum absolute atomic E-state index is 0.228. The number of benzene rings is 1. The summed E-state index contributed by atoms with van der Waals surface area (Å²) in [6, 6.07) is 6.38. The van der Waals surface area contributed by atoms with Crippen LogP contribution in [0.2, 0.25) is 0 Å². The second-order valence-electron chi connectivity index (χ2n) is 6.83. The van der Waals surface area contributed by atoms with E-state index in [4.69, 9.17) is 0 Å². The zero-order valence-corrected chi connectivity index (χ0v) is 15.5. The summed E-state index contributed by atoms with van der Waals surface area (Å²) in [6.45, 7) is 2.26. The monoisotopic (exact) mass is 342 g/mol. The number of aromatic nitrogens is 2. The van der Waals surface area contributed by atoms with E-state index in [1.54, 1.807) is 18.3 Å². The molecule has 0 unspecified atom stereocenters. The van der Waals surface area contributed by atoms with E-state index in [9.17, 15) is 4.39 Å². The van der Waals surface area contributed by atoms with Gasteiger partial charge in [-0.25, -0.2) is 4.39 Å². The molecule has 25 heavy (non-hydrogen) atoms. The van der Waals surface area contributed by atoms with Gasteiger partial charge in [0.15, 0.2) is 0 Å². The van der Waals surface area contributed by atoms with Crippen LogP contribution in [0.1, 0.15) is 76.8 Å². The van der Waals surface area contributed by atoms with Crippen molar-refractivity contribution < 1.29 is 4.39 Å². The van der Waals surface area contributed by atoms with Crippen molar-refractivity contribution in [1.29, 1.82) is 0 Å². The summed E-state index contributed by atoms with van der Waals surface area (Å²) in [4.78, 5) is 8.95. The molecule has 2 rings (SSSR count). The van der Waals surface area contributed by atoms with Crippen LogP contribution in [-0.2, 0) is 6.42 Å². The molecule has 3 heteroatoms. The Morgan fingerprint density at radius 1 is 0.720 bits per heavy atom. The van der Waals surface area contributed by atoms with Gasteiger partial charge in [-0.15, -0.1) is 0 Å². The van der Waals surface area contributed by atoms with Gasteiger partial charge in [-0.3, -0.25) is 9.97 Å². The van der Waals surface area contributed by atoms with E-state index in [1.165, 1.54) is 76.3 Å². The molecule has 0 radical (unpaired) electrons. The standard InChI is InChI=1S/C22H31FN2/c1-2-3-4-5-6-7-8-9-10-11-12-21-17-25-22(18-24-21)19-13-15-20(23)16-14-19/h13-18H,2-12H2,1H3. The molecule has 0 fully saturated rings. The molecule has 0 aliphatic carbocycles. The van der Waals surface area contributed by atoms with Crippen LogP contribution in [0.3, 0.4) is 0 Å². The molecule has 0 aliphatic rings. The minimum atomic E-state index is -0.228. The van der Waals surface area contributed by atoms with Crippen molar-refractivity contribution in [2.24, 2.45) is 0 Å². The molecule has 1 aromatic carbocycles. The average molecular weight is 343 g/mol. The lowest BCUT2D eigenvalue weighted by Gasteiger charge is -2.04. The van der Waals surface area contributed by atoms with Gasteiger partial charge in [0.1, 0.15) is 5.82 Å². The number of aryl methyl sites for hydroxylation is 1. The summed E-state index contributed by atoms with van der Waals surface area (Å²) in [6.07, 6.45) is 18.1. The Labute approximate surface area is 151 Å². The van der Waals surface area contributed by atoms with Gasteiger partial charge in [-0.1, -0.05) is 64.7 Å². The third kappa shape index (κ3) is 7.76. The van der Waals surface area contributed by atoms with E-state index in [-0.39, 0.29) is 5.82 Å². The third-order valence-electron chi connectivity index (χ3n) is 4.63. The van der Waals surface area contributed by atoms with Crippen LogP contribution in [0.25, 0.3) is 11.3 Å². The highest BCUT2D eigenvalue weighted by Gasteiger charge is 2.02. The molecule has 0 aliphatic heterocycles. The maximum absolute atomic E-state index is 13.0. The molecule has 136 valence electrons. The van der Waals surface area contributed by atoms with Gasteiger partial charge >= 0.3 is 0 Å². The summed E-state index contributed by atoms with van der Waals surface area (Å²) in [7, 11) is 0. The number of nitrogens with zero attached hydrogens (tertiary/aromatic N) is 2. The van der Waals surface area contributed by atoms with Gasteiger partial charge in [0.05, 0.1) is 17.6 Å². The van der Waals surface area contributed by atoms with Gasteiger partial charge in [-0.2, -0.15) is 0 Å². The first-order chi connectivity index (χ1) is 12.3. The molecule has 2 nitrogen and oxygen atoms in total. The van der Waals surface area contributed by atoms with Crippen molar-refractivity contribution in [3.8, 4) is 11.3 Å². The van der Waals surface area contributed by atoms with E-state index < -0.39 is 0 Å². The van der Waals surface area contributed by atoms with E-state index in [0.29, 0.717) is 0 Å². The highest BCUT2D eigenvalue weighted by atomic mass is 19.1. The Kier molecular flexibility index (Phi) is 9.17. The van der Waals surface area contributed by atoms with Gasteiger partial charge in [0.2, 0.25) is 0 Å². The summed E-state index contributed by atoms with van der Waals surface area (Å²) in [5.74, 6) is -0.228. The summed E-state index contributed by atoms with van der Waals surface area (Å²) in [5, 5.41) is 0. The molecule has 0 amide bonds. The van der Waals surface area contributed by atoms with E-state index in [1.807, 2.05) is 6.20 Å². The van der Waals surface area contributed by atoms with E-state index in [2.05, 4.69) is 16.9 Å². The smallest absolute Gasteiger partial charge is 0.123 e. The lowest BCUT2D eigenvalue weighted by atomic mass is 10.1. The second kappa shape index (κ2) is 11.7. The molecule has 1 aromatic heterocycles. The zero-order chi connectivity index (χ0) is 17.7. The van der Waals surface area contributed by atoms with Crippen molar-refractivity contribution in [2.45, 2.75) is 77.6 Å². The molecular formula is C22H31FN2. The van der Waals surface area contributed by atoms with Crippen LogP contribution >= 0.6 is 0 Å². The second-order valence-corrected chi connectivity index (χ2v) is 6.83. The number of hydrogen-bond acceptors (Lipinski definition) is 2. The van der Waals surface area contributed by atoms with E-state index in [0.717, 1.165) is 23.4 Å². The van der Waals surface area contributed by atoms with Gasteiger partial charge in [0, 0.05) is 11.8 Å². The SMILES string of the molecule is CCCCCCCCCCCCc1cnc(-c2ccc(F)cc2)cn1. The fourth-order valence-electron chi connectivity index (χ4n) is 3.05. The van der Waals surface area contributed by atoms with Crippen molar-refractivity contribution in [1.82, 2.24) is 9.97 Å². The molecule has 0 N–H and O–H groups in total. The van der Waals surface area contributed by atoms with Crippen molar-refractivity contribution in [2.75, 3.05) is 0 Å². The van der Waals surface area contributed by atoms with Crippen molar-refractivity contribution >= 4 is 0 Å². The van der Waals surface area contributed by atoms with Gasteiger partial charge < -0.3 is 0 Å². The number of hydrogen-bond donors (Lipinski definition) is 0. The Hall–Kier alpha value is -1.77. The molecule has 0 saturated carbocycles. The highest BCUT2D eigenvalue weighted by Crippen LogP contribution is 2.17. The van der Waals surface area contributed by atoms with Crippen LogP contribution in [-0.4, -0.2) is 9.97 Å². The maximum Gasteiger partial charge on any atom is 0.123 e. The van der Waals surface area contributed by atoms with Gasteiger partial charge in [-0.05, 0) is 37.1 Å². The number of halogens is 1. The van der Waals surface area contributed by atoms with Crippen LogP contribution in [0.15, 0.2) is 36.7 Å². The maximum atomic E-state index is 13.0. The Morgan fingerprint density at radius 2 is 1.32 bits per heavy atom. The van der Waals surface area contributed by atoms with Gasteiger partial charge in [0.25, 0.3) is 0 Å². The predicted octanol–water partition coefficient (Wildman–Crippen LogP) is 6.75. The lowest BCUT2D eigenvalue weighted by molar-refractivity contribution is 0.555. The first-order valence-electron chi connectivity index (χ1n) is 9.86. The number of unbranched alkanes of at least 4 members (excludes halogenated alkanes) is 9. The molecule has 1 heterocycles. The van der Waals surface area contributed by atoms with Crippen molar-refractivity contribution in [3.05, 3.63) is 48.2 Å². The normalized spacial score (nSPS) is 11.0. The summed E-state index contributed by atoms with van der Waals surface area (Å²) in [5.41, 5.74) is 2.75. The average Bonchev–Trinajstić information content (AvgIpc) is 2.64. The van der Waals surface area contributed by atoms with Crippen molar-refractivity contribution in [3.63, 3.8) is 0 Å². The minimum Gasteiger partial charge on any atom is -0.257 e. The lowest BCUT2D eigenvalue weighted by Crippen LogP contribution is -1.94. The Morgan fingerprint density at radius 3 is 1.88 bits per heavy atom. The third-order valence-corrected chi connectivity index (χ3v) is 4.63. The molecule has 0 bridgehead atoms. The Bertz CT molecular complexity index is 578. The van der Waals surface area contributed by atoms with Crippen LogP contribution in [0.5, 0.6) is 0 Å². The largest absolute Gasteiger partial charge is 0.257 e. The highest BCUT2D eigenvalue weighted by molar-refractivity contribution is 5.57. The first kappa shape index (κ1) is 19.6. The van der Waals surface area contributed by atoms with Crippen LogP contribution in [0.4, 0.5) is 4.39 Å². The zero-order valence-electron chi connectivity index (χ0n) is 15.5. The summed E-state index contributed by atoms with van der Waals surface area (Å²) >= 11 is 0. The predicted molar refractivity (Wildman–Crippen MR) is 103 cm³/mol. The van der Waals surface area contributed by atoms with E-state index >= 15 is 0 Å². The molecule has 2 aromatic rings. The fourth-order valence-corrected chi connectivity index (χ4v) is 3.05. The molecule has 0 saturated heterocycles. The first-order valence-corrected chi connectivity index (χ1v) is 9.86. The number of rotatable bonds is 12. The molecular weight excluding hydrogens is 311 g/mol. The van der Waals surface area contributed by atoms with Crippen LogP contribution in [0, 0.1) is 5.82 Å². The van der Waals surface area contributed by atoms with Crippen LogP contribution < -0.4 is 0 Å². The summed E-state index contributed by atoms with van der Waals surface area (Å²) < 4.78 is 13.0. The quantitative estimate of drug-likeness (QED) is 0.399. The molecule has 0 atom stereocenters. The Balaban J connectivity index is 1.58. The fraction of sp³-hybridized carbons (Fsp3) is 0.545. The molecule has 0 spiro atoms. The topological polar surface area (TPSA) is 25.8 Å².